The lowest BCUT2D eigenvalue weighted by Gasteiger charge is -2.35. The maximum atomic E-state index is 11.1. The number of hydrogen-bond acceptors (Lipinski definition) is 5. The minimum atomic E-state index is -2.97. The van der Waals surface area contributed by atoms with Crippen LogP contribution in [0, 0.1) is 0 Å². The van der Waals surface area contributed by atoms with Crippen molar-refractivity contribution in [3.63, 3.8) is 0 Å². The Hall–Kier alpha value is -1.07. The van der Waals surface area contributed by atoms with Crippen molar-refractivity contribution in [3.05, 3.63) is 30.3 Å². The van der Waals surface area contributed by atoms with Gasteiger partial charge in [-0.3, -0.25) is 4.99 Å². The second-order valence-electron chi connectivity index (χ2n) is 6.77. The number of sulfone groups is 1. The van der Waals surface area contributed by atoms with Gasteiger partial charge in [-0.1, -0.05) is 18.2 Å². The van der Waals surface area contributed by atoms with E-state index in [1.807, 2.05) is 13.0 Å². The average Bonchev–Trinajstić information content (AvgIpc) is 2.65. The molecule has 1 aliphatic heterocycles. The van der Waals surface area contributed by atoms with E-state index in [0.717, 1.165) is 38.4 Å². The van der Waals surface area contributed by atoms with Crippen LogP contribution in [0.25, 0.3) is 0 Å². The van der Waals surface area contributed by atoms with E-state index < -0.39 is 9.84 Å². The zero-order valence-electron chi connectivity index (χ0n) is 16.8. The second kappa shape index (κ2) is 13.2. The number of benzene rings is 1. The number of nitrogens with one attached hydrogen (secondary N) is 2. The summed E-state index contributed by atoms with van der Waals surface area (Å²) >= 11 is 0. The third-order valence-corrected chi connectivity index (χ3v) is 5.24. The van der Waals surface area contributed by atoms with Gasteiger partial charge in [-0.25, -0.2) is 8.42 Å². The lowest BCUT2D eigenvalue weighted by atomic mass is 10.1. The summed E-state index contributed by atoms with van der Waals surface area (Å²) in [6.07, 6.45) is 3.46. The van der Waals surface area contributed by atoms with Crippen molar-refractivity contribution in [2.75, 3.05) is 56.3 Å². The fourth-order valence-electron chi connectivity index (χ4n) is 3.02. The summed E-state index contributed by atoms with van der Waals surface area (Å²) in [5, 5.41) is 6.79. The first-order valence-corrected chi connectivity index (χ1v) is 11.6. The van der Waals surface area contributed by atoms with E-state index in [-0.39, 0.29) is 36.3 Å². The Labute approximate surface area is 186 Å². The van der Waals surface area contributed by atoms with E-state index in [9.17, 15) is 8.42 Å². The first-order chi connectivity index (χ1) is 13.0. The van der Waals surface area contributed by atoms with Gasteiger partial charge in [0, 0.05) is 37.6 Å². The van der Waals surface area contributed by atoms with Crippen molar-refractivity contribution in [1.82, 2.24) is 10.6 Å². The number of ether oxygens (including phenoxy) is 1. The van der Waals surface area contributed by atoms with Gasteiger partial charge in [0.15, 0.2) is 5.96 Å². The molecule has 1 aromatic carbocycles. The second-order valence-corrected chi connectivity index (χ2v) is 9.03. The molecule has 160 valence electrons. The third-order valence-electron chi connectivity index (χ3n) is 4.33. The summed E-state index contributed by atoms with van der Waals surface area (Å²) in [4.78, 5) is 6.94. The molecule has 0 bridgehead atoms. The van der Waals surface area contributed by atoms with E-state index >= 15 is 0 Å². The smallest absolute Gasteiger partial charge is 0.191 e. The van der Waals surface area contributed by atoms with E-state index in [0.29, 0.717) is 19.2 Å². The number of rotatable bonds is 9. The van der Waals surface area contributed by atoms with E-state index in [4.69, 9.17) is 4.74 Å². The number of aliphatic imine (C=N–C) groups is 1. The van der Waals surface area contributed by atoms with Gasteiger partial charge in [0.05, 0.1) is 25.5 Å². The Morgan fingerprint density at radius 3 is 2.71 bits per heavy atom. The molecule has 1 heterocycles. The molecule has 0 spiro atoms. The quantitative estimate of drug-likeness (QED) is 0.222. The fraction of sp³-hybridized carbons (Fsp3) is 0.632. The Morgan fingerprint density at radius 1 is 1.29 bits per heavy atom. The number of piperidine rings is 1. The predicted octanol–water partition coefficient (Wildman–Crippen LogP) is 1.89. The van der Waals surface area contributed by atoms with Crippen molar-refractivity contribution in [2.45, 2.75) is 25.8 Å². The Morgan fingerprint density at radius 2 is 2.04 bits per heavy atom. The van der Waals surface area contributed by atoms with Crippen LogP contribution in [0.15, 0.2) is 35.3 Å². The van der Waals surface area contributed by atoms with Crippen LogP contribution < -0.4 is 15.5 Å². The summed E-state index contributed by atoms with van der Waals surface area (Å²) in [6.45, 7) is 5.96. The molecule has 0 amide bonds. The van der Waals surface area contributed by atoms with Crippen LogP contribution in [0.3, 0.4) is 0 Å². The van der Waals surface area contributed by atoms with Crippen LogP contribution in [0.1, 0.15) is 19.8 Å². The predicted molar refractivity (Wildman–Crippen MR) is 127 cm³/mol. The highest BCUT2D eigenvalue weighted by atomic mass is 127. The van der Waals surface area contributed by atoms with Crippen LogP contribution in [0.4, 0.5) is 5.69 Å². The van der Waals surface area contributed by atoms with Gasteiger partial charge in [-0.05, 0) is 31.9 Å². The van der Waals surface area contributed by atoms with Crippen LogP contribution in [-0.2, 0) is 14.6 Å². The molecule has 28 heavy (non-hydrogen) atoms. The van der Waals surface area contributed by atoms with Crippen molar-refractivity contribution >= 4 is 45.5 Å². The zero-order chi connectivity index (χ0) is 19.5. The number of nitrogens with zero attached hydrogens (tertiary/aromatic N) is 2. The van der Waals surface area contributed by atoms with Crippen molar-refractivity contribution < 1.29 is 13.2 Å². The summed E-state index contributed by atoms with van der Waals surface area (Å²) < 4.78 is 27.5. The molecular formula is C19H33IN4O3S. The Balaban J connectivity index is 0.00000392. The third kappa shape index (κ3) is 9.92. The van der Waals surface area contributed by atoms with Crippen LogP contribution >= 0.6 is 24.0 Å². The molecule has 1 aliphatic rings. The molecule has 9 heteroatoms. The molecule has 0 radical (unpaired) electrons. The maximum Gasteiger partial charge on any atom is 0.191 e. The molecule has 0 aliphatic carbocycles. The molecule has 2 rings (SSSR count). The molecule has 1 aromatic rings. The van der Waals surface area contributed by atoms with Gasteiger partial charge in [-0.2, -0.15) is 0 Å². The highest BCUT2D eigenvalue weighted by molar-refractivity contribution is 14.0. The van der Waals surface area contributed by atoms with Crippen LogP contribution in [0.5, 0.6) is 0 Å². The summed E-state index contributed by atoms with van der Waals surface area (Å²) in [6, 6.07) is 10.8. The molecule has 2 N–H and O–H groups in total. The molecule has 1 saturated heterocycles. The van der Waals surface area contributed by atoms with Gasteiger partial charge in [0.25, 0.3) is 0 Å². The minimum Gasteiger partial charge on any atom is -0.378 e. The van der Waals surface area contributed by atoms with E-state index in [1.165, 1.54) is 11.9 Å². The lowest BCUT2D eigenvalue weighted by Crippen LogP contribution is -2.51. The number of hydrogen-bond donors (Lipinski definition) is 2. The lowest BCUT2D eigenvalue weighted by molar-refractivity contribution is 0.157. The summed E-state index contributed by atoms with van der Waals surface area (Å²) in [5.74, 6) is 0.830. The molecule has 1 unspecified atom stereocenters. The number of para-hydroxylation sites is 1. The fourth-order valence-corrected chi connectivity index (χ4v) is 3.44. The number of guanidine groups is 1. The standard InChI is InChI=1S/C19H32N4O3S.HI/c1-3-20-19(21-11-13-26-14-15-27(2,24)25)22-17-8-7-12-23(16-17)18-9-5-4-6-10-18;/h4-6,9-10,17H,3,7-8,11-16H2,1-2H3,(H2,20,21,22);1H. The topological polar surface area (TPSA) is 83.0 Å². The molecular weight excluding hydrogens is 491 g/mol. The van der Waals surface area contributed by atoms with Crippen molar-refractivity contribution in [3.8, 4) is 0 Å². The number of anilines is 1. The summed E-state index contributed by atoms with van der Waals surface area (Å²) in [5.41, 5.74) is 1.25. The molecule has 1 fully saturated rings. The van der Waals surface area contributed by atoms with E-state index in [1.54, 1.807) is 0 Å². The number of halogens is 1. The first kappa shape index (κ1) is 25.0. The Kier molecular flexibility index (Phi) is 11.8. The average molecular weight is 524 g/mol. The normalized spacial score (nSPS) is 17.7. The maximum absolute atomic E-state index is 11.1. The van der Waals surface area contributed by atoms with E-state index in [2.05, 4.69) is 44.8 Å². The minimum absolute atomic E-state index is 0. The highest BCUT2D eigenvalue weighted by Gasteiger charge is 2.20. The molecule has 0 aromatic heterocycles. The van der Waals surface area contributed by atoms with Gasteiger partial charge in [0.2, 0.25) is 0 Å². The zero-order valence-corrected chi connectivity index (χ0v) is 19.9. The van der Waals surface area contributed by atoms with Crippen LogP contribution in [0.2, 0.25) is 0 Å². The van der Waals surface area contributed by atoms with Crippen molar-refractivity contribution in [1.29, 1.82) is 0 Å². The highest BCUT2D eigenvalue weighted by Crippen LogP contribution is 2.19. The van der Waals surface area contributed by atoms with Gasteiger partial charge in [-0.15, -0.1) is 24.0 Å². The molecule has 7 nitrogen and oxygen atoms in total. The van der Waals surface area contributed by atoms with Gasteiger partial charge in [0.1, 0.15) is 9.84 Å². The molecule has 0 saturated carbocycles. The van der Waals surface area contributed by atoms with Gasteiger partial charge >= 0.3 is 0 Å². The summed E-state index contributed by atoms with van der Waals surface area (Å²) in [7, 11) is -2.97. The molecule has 1 atom stereocenters. The van der Waals surface area contributed by atoms with Crippen LogP contribution in [-0.4, -0.2) is 71.8 Å². The first-order valence-electron chi connectivity index (χ1n) is 9.58. The Bertz CT molecular complexity index is 686. The van der Waals surface area contributed by atoms with Gasteiger partial charge < -0.3 is 20.3 Å². The largest absolute Gasteiger partial charge is 0.378 e. The van der Waals surface area contributed by atoms with Crippen molar-refractivity contribution in [2.24, 2.45) is 4.99 Å². The SMILES string of the molecule is CCNC(=NCCOCCS(C)(=O)=O)NC1CCCN(c2ccccc2)C1.I. The monoisotopic (exact) mass is 524 g/mol.